The first-order valence-corrected chi connectivity index (χ1v) is 7.78. The first kappa shape index (κ1) is 12.6. The number of nitrogens with zero attached hydrogens (tertiary/aromatic N) is 2. The highest BCUT2D eigenvalue weighted by molar-refractivity contribution is 6.00. The molecule has 0 spiro atoms. The van der Waals surface area contributed by atoms with Gasteiger partial charge in [-0.3, -0.25) is 14.3 Å². The molecular weight excluding hydrogens is 262 g/mol. The summed E-state index contributed by atoms with van der Waals surface area (Å²) in [6.07, 6.45) is 8.10. The Balaban J connectivity index is 1.74. The lowest BCUT2D eigenvalue weighted by Crippen LogP contribution is -2.20. The SMILES string of the molecule is O=C(Cc1c2ccccc2c2[nH]ncn12)C1CCCCC1. The van der Waals surface area contributed by atoms with Crippen molar-refractivity contribution < 1.29 is 4.79 Å². The van der Waals surface area contributed by atoms with E-state index in [0.717, 1.165) is 35.0 Å². The number of carbonyl (C=O) groups excluding carboxylic acids is 1. The molecule has 1 aliphatic rings. The molecule has 0 aliphatic heterocycles. The predicted octanol–water partition coefficient (Wildman–Crippen LogP) is 3.51. The topological polar surface area (TPSA) is 50.2 Å². The highest BCUT2D eigenvalue weighted by atomic mass is 16.1. The zero-order valence-electron chi connectivity index (χ0n) is 12.0. The Kier molecular flexibility index (Phi) is 3.02. The van der Waals surface area contributed by atoms with Crippen molar-refractivity contribution >= 4 is 22.2 Å². The summed E-state index contributed by atoms with van der Waals surface area (Å²) >= 11 is 0. The monoisotopic (exact) mass is 281 g/mol. The van der Waals surface area contributed by atoms with Gasteiger partial charge in [-0.1, -0.05) is 43.5 Å². The number of nitrogens with one attached hydrogen (secondary N) is 1. The van der Waals surface area contributed by atoms with E-state index < -0.39 is 0 Å². The van der Waals surface area contributed by atoms with Crippen molar-refractivity contribution in [2.45, 2.75) is 38.5 Å². The highest BCUT2D eigenvalue weighted by Crippen LogP contribution is 2.29. The molecule has 0 bridgehead atoms. The molecule has 2 aromatic heterocycles. The standard InChI is InChI=1S/C17H19N3O/c21-16(12-6-2-1-3-7-12)10-15-13-8-4-5-9-14(13)17-19-18-11-20(15)17/h4-5,8-9,11-12,19H,1-3,6-7,10H2. The molecule has 1 aliphatic carbocycles. The van der Waals surface area contributed by atoms with Crippen LogP contribution in [0.4, 0.5) is 0 Å². The summed E-state index contributed by atoms with van der Waals surface area (Å²) in [5.41, 5.74) is 2.06. The molecule has 0 atom stereocenters. The minimum absolute atomic E-state index is 0.259. The van der Waals surface area contributed by atoms with E-state index in [1.54, 1.807) is 6.33 Å². The van der Waals surface area contributed by atoms with Gasteiger partial charge < -0.3 is 0 Å². The second-order valence-electron chi connectivity index (χ2n) is 6.05. The van der Waals surface area contributed by atoms with Crippen LogP contribution in [0.15, 0.2) is 30.6 Å². The normalized spacial score (nSPS) is 16.8. The van der Waals surface area contributed by atoms with Crippen LogP contribution in [-0.2, 0) is 11.2 Å². The van der Waals surface area contributed by atoms with E-state index in [0.29, 0.717) is 12.2 Å². The largest absolute Gasteiger partial charge is 0.299 e. The van der Waals surface area contributed by atoms with Crippen molar-refractivity contribution in [3.63, 3.8) is 0 Å². The Bertz CT molecular complexity index is 793. The van der Waals surface area contributed by atoms with E-state index >= 15 is 0 Å². The number of hydrogen-bond donors (Lipinski definition) is 1. The minimum atomic E-state index is 0.259. The molecular formula is C17H19N3O. The van der Waals surface area contributed by atoms with Crippen LogP contribution in [0.3, 0.4) is 0 Å². The Labute approximate surface area is 123 Å². The van der Waals surface area contributed by atoms with Gasteiger partial charge in [-0.25, -0.2) is 0 Å². The van der Waals surface area contributed by atoms with E-state index in [-0.39, 0.29) is 5.92 Å². The number of rotatable bonds is 3. The lowest BCUT2D eigenvalue weighted by molar-refractivity contribution is -0.123. The zero-order chi connectivity index (χ0) is 14.2. The Morgan fingerprint density at radius 2 is 1.95 bits per heavy atom. The number of fused-ring (bicyclic) bond motifs is 3. The van der Waals surface area contributed by atoms with Crippen LogP contribution in [-0.4, -0.2) is 20.4 Å². The third-order valence-corrected chi connectivity index (χ3v) is 4.77. The van der Waals surface area contributed by atoms with E-state index in [2.05, 4.69) is 22.3 Å². The lowest BCUT2D eigenvalue weighted by Gasteiger charge is -2.20. The number of H-pyrrole nitrogens is 1. The molecule has 0 saturated heterocycles. The van der Waals surface area contributed by atoms with Gasteiger partial charge in [0, 0.05) is 28.8 Å². The van der Waals surface area contributed by atoms with E-state index in [1.165, 1.54) is 19.3 Å². The molecule has 0 unspecified atom stereocenters. The summed E-state index contributed by atoms with van der Waals surface area (Å²) in [5.74, 6) is 0.649. The third-order valence-electron chi connectivity index (χ3n) is 4.77. The summed E-state index contributed by atoms with van der Waals surface area (Å²) in [7, 11) is 0. The van der Waals surface area contributed by atoms with Crippen molar-refractivity contribution in [1.82, 2.24) is 14.6 Å². The fourth-order valence-electron chi connectivity index (χ4n) is 3.64. The van der Waals surface area contributed by atoms with Crippen LogP contribution in [0.25, 0.3) is 16.4 Å². The maximum Gasteiger partial charge on any atom is 0.141 e. The molecule has 108 valence electrons. The molecule has 0 amide bonds. The summed E-state index contributed by atoms with van der Waals surface area (Å²) in [6.45, 7) is 0. The summed E-state index contributed by atoms with van der Waals surface area (Å²) in [6, 6.07) is 8.23. The summed E-state index contributed by atoms with van der Waals surface area (Å²) in [4.78, 5) is 12.6. The molecule has 4 nitrogen and oxygen atoms in total. The minimum Gasteiger partial charge on any atom is -0.299 e. The second-order valence-corrected chi connectivity index (χ2v) is 6.05. The van der Waals surface area contributed by atoms with Gasteiger partial charge in [-0.15, -0.1) is 0 Å². The fraction of sp³-hybridized carbons (Fsp3) is 0.412. The first-order chi connectivity index (χ1) is 10.3. The molecule has 0 radical (unpaired) electrons. The molecule has 2 heterocycles. The van der Waals surface area contributed by atoms with E-state index in [9.17, 15) is 4.79 Å². The maximum absolute atomic E-state index is 12.6. The smallest absolute Gasteiger partial charge is 0.141 e. The summed E-state index contributed by atoms with van der Waals surface area (Å²) in [5, 5.41) is 9.46. The average molecular weight is 281 g/mol. The van der Waals surface area contributed by atoms with Gasteiger partial charge in [0.15, 0.2) is 0 Å². The van der Waals surface area contributed by atoms with E-state index in [1.807, 2.05) is 16.5 Å². The molecule has 1 aromatic carbocycles. The van der Waals surface area contributed by atoms with Crippen LogP contribution >= 0.6 is 0 Å². The Morgan fingerprint density at radius 1 is 1.19 bits per heavy atom. The van der Waals surface area contributed by atoms with Crippen LogP contribution < -0.4 is 0 Å². The Hall–Kier alpha value is -2.10. The van der Waals surface area contributed by atoms with Crippen molar-refractivity contribution in [2.75, 3.05) is 0 Å². The van der Waals surface area contributed by atoms with Crippen molar-refractivity contribution in [1.29, 1.82) is 0 Å². The maximum atomic E-state index is 12.6. The van der Waals surface area contributed by atoms with Gasteiger partial charge in [0.05, 0.1) is 0 Å². The summed E-state index contributed by atoms with van der Waals surface area (Å²) < 4.78 is 2.03. The van der Waals surface area contributed by atoms with Crippen LogP contribution in [0.5, 0.6) is 0 Å². The van der Waals surface area contributed by atoms with Gasteiger partial charge in [0.1, 0.15) is 17.8 Å². The highest BCUT2D eigenvalue weighted by Gasteiger charge is 2.23. The van der Waals surface area contributed by atoms with Crippen molar-refractivity contribution in [2.24, 2.45) is 5.92 Å². The number of ketones is 1. The third kappa shape index (κ3) is 2.06. The zero-order valence-corrected chi connectivity index (χ0v) is 12.0. The van der Waals surface area contributed by atoms with Gasteiger partial charge in [-0.05, 0) is 12.8 Å². The van der Waals surface area contributed by atoms with Crippen LogP contribution in [0.2, 0.25) is 0 Å². The molecule has 4 rings (SSSR count). The number of benzene rings is 1. The van der Waals surface area contributed by atoms with E-state index in [4.69, 9.17) is 0 Å². The second kappa shape index (κ2) is 5.02. The number of Topliss-reactive ketones (excluding diaryl/α,β-unsaturated/α-hetero) is 1. The molecule has 4 heteroatoms. The van der Waals surface area contributed by atoms with Crippen LogP contribution in [0, 0.1) is 5.92 Å². The number of hydrogen-bond acceptors (Lipinski definition) is 2. The number of aromatic nitrogens is 3. The van der Waals surface area contributed by atoms with Crippen molar-refractivity contribution in [3.8, 4) is 0 Å². The van der Waals surface area contributed by atoms with Gasteiger partial charge in [0.25, 0.3) is 0 Å². The number of carbonyl (C=O) groups is 1. The van der Waals surface area contributed by atoms with Crippen LogP contribution in [0.1, 0.15) is 37.8 Å². The number of aromatic amines is 1. The Morgan fingerprint density at radius 3 is 2.76 bits per heavy atom. The van der Waals surface area contributed by atoms with Crippen molar-refractivity contribution in [3.05, 3.63) is 36.3 Å². The van der Waals surface area contributed by atoms with Gasteiger partial charge in [-0.2, -0.15) is 5.10 Å². The first-order valence-electron chi connectivity index (χ1n) is 7.78. The van der Waals surface area contributed by atoms with Gasteiger partial charge in [0.2, 0.25) is 0 Å². The quantitative estimate of drug-likeness (QED) is 0.798. The molecule has 1 N–H and O–H groups in total. The average Bonchev–Trinajstić information content (AvgIpc) is 3.11. The molecule has 3 aromatic rings. The van der Waals surface area contributed by atoms with Gasteiger partial charge >= 0.3 is 0 Å². The predicted molar refractivity (Wildman–Crippen MR) is 82.3 cm³/mol. The molecule has 21 heavy (non-hydrogen) atoms. The molecule has 1 saturated carbocycles. The lowest BCUT2D eigenvalue weighted by atomic mass is 9.84. The molecule has 1 fully saturated rings. The fourth-order valence-corrected chi connectivity index (χ4v) is 3.64.